The van der Waals surface area contributed by atoms with Crippen molar-refractivity contribution in [3.05, 3.63) is 93.6 Å². The lowest BCUT2D eigenvalue weighted by molar-refractivity contribution is -0.122. The maximum Gasteiger partial charge on any atom is 0.293 e. The number of thioether (sulfide) groups is 1. The lowest BCUT2D eigenvalue weighted by atomic mass is 10.1. The summed E-state index contributed by atoms with van der Waals surface area (Å²) in [6.45, 7) is 2.05. The highest BCUT2D eigenvalue weighted by molar-refractivity contribution is 8.18. The maximum atomic E-state index is 13.1. The second-order valence-electron chi connectivity index (χ2n) is 8.53. The Morgan fingerprint density at radius 1 is 1.08 bits per heavy atom. The SMILES string of the molecule is CCOc1cc(/C=C2/SC(=O)N(CCCc3ccccc3)C2=O)cc(Cl)c1OCC(=O)Nc1ccc(F)cc1. The van der Waals surface area contributed by atoms with Crippen molar-refractivity contribution in [3.63, 3.8) is 0 Å². The number of ether oxygens (including phenoxy) is 2. The van der Waals surface area contributed by atoms with Crippen LogP contribution in [-0.4, -0.2) is 41.7 Å². The van der Waals surface area contributed by atoms with E-state index in [-0.39, 0.29) is 39.2 Å². The minimum absolute atomic E-state index is 0.166. The molecule has 0 unspecified atom stereocenters. The molecule has 4 rings (SSSR count). The Labute approximate surface area is 234 Å². The van der Waals surface area contributed by atoms with Crippen LogP contribution in [0.1, 0.15) is 24.5 Å². The Morgan fingerprint density at radius 2 is 1.82 bits per heavy atom. The summed E-state index contributed by atoms with van der Waals surface area (Å²) >= 11 is 7.34. The molecule has 1 fully saturated rings. The van der Waals surface area contributed by atoms with Crippen molar-refractivity contribution in [2.45, 2.75) is 19.8 Å². The van der Waals surface area contributed by atoms with E-state index in [2.05, 4.69) is 5.32 Å². The molecule has 1 aliphatic heterocycles. The van der Waals surface area contributed by atoms with Gasteiger partial charge in [0.15, 0.2) is 18.1 Å². The standard InChI is InChI=1S/C29H26ClFN2O5S/c1-2-37-24-16-20(15-23(30)27(24)38-18-26(34)32-22-12-10-21(31)11-13-22)17-25-28(35)33(29(36)39-25)14-6-9-19-7-4-3-5-8-19/h3-5,7-8,10-13,15-17H,2,6,9,14,18H2,1H3,(H,32,34)/b25-17+. The molecule has 1 N–H and O–H groups in total. The van der Waals surface area contributed by atoms with Crippen molar-refractivity contribution in [2.75, 3.05) is 25.1 Å². The first kappa shape index (κ1) is 28.2. The van der Waals surface area contributed by atoms with Gasteiger partial charge in [-0.3, -0.25) is 19.3 Å². The van der Waals surface area contributed by atoms with Crippen molar-refractivity contribution < 1.29 is 28.2 Å². The Balaban J connectivity index is 1.42. The average molecular weight is 569 g/mol. The molecule has 0 spiro atoms. The van der Waals surface area contributed by atoms with Crippen LogP contribution in [0.2, 0.25) is 5.02 Å². The lowest BCUT2D eigenvalue weighted by Gasteiger charge is -2.15. The Kier molecular flexibility index (Phi) is 9.62. The molecule has 10 heteroatoms. The number of imide groups is 1. The highest BCUT2D eigenvalue weighted by Gasteiger charge is 2.34. The molecule has 3 aromatic carbocycles. The van der Waals surface area contributed by atoms with E-state index in [1.165, 1.54) is 29.2 Å². The molecule has 1 heterocycles. The lowest BCUT2D eigenvalue weighted by Crippen LogP contribution is -2.29. The summed E-state index contributed by atoms with van der Waals surface area (Å²) < 4.78 is 24.4. The topological polar surface area (TPSA) is 84.9 Å². The van der Waals surface area contributed by atoms with Gasteiger partial charge in [-0.25, -0.2) is 4.39 Å². The third kappa shape index (κ3) is 7.61. The summed E-state index contributed by atoms with van der Waals surface area (Å²) in [6, 6.07) is 18.4. The number of carbonyl (C=O) groups excluding carboxylic acids is 3. The zero-order valence-electron chi connectivity index (χ0n) is 21.1. The quantitative estimate of drug-likeness (QED) is 0.264. The number of anilines is 1. The van der Waals surface area contributed by atoms with Crippen molar-refractivity contribution >= 4 is 52.2 Å². The van der Waals surface area contributed by atoms with Gasteiger partial charge in [0.2, 0.25) is 0 Å². The monoisotopic (exact) mass is 568 g/mol. The molecule has 202 valence electrons. The van der Waals surface area contributed by atoms with Crippen molar-refractivity contribution in [1.29, 1.82) is 0 Å². The van der Waals surface area contributed by atoms with Gasteiger partial charge in [-0.1, -0.05) is 41.9 Å². The van der Waals surface area contributed by atoms with Gasteiger partial charge in [-0.05, 0) is 85.1 Å². The molecule has 0 radical (unpaired) electrons. The summed E-state index contributed by atoms with van der Waals surface area (Å²) in [5.41, 5.74) is 2.11. The highest BCUT2D eigenvalue weighted by Crippen LogP contribution is 2.39. The van der Waals surface area contributed by atoms with Gasteiger partial charge in [0.1, 0.15) is 5.82 Å². The molecule has 1 saturated heterocycles. The normalized spacial score (nSPS) is 14.1. The van der Waals surface area contributed by atoms with E-state index in [0.717, 1.165) is 23.7 Å². The minimum atomic E-state index is -0.467. The molecule has 0 bridgehead atoms. The van der Waals surface area contributed by atoms with Crippen molar-refractivity contribution in [1.82, 2.24) is 4.90 Å². The van der Waals surface area contributed by atoms with E-state index >= 15 is 0 Å². The Bertz CT molecular complexity index is 1380. The van der Waals surface area contributed by atoms with Crippen LogP contribution in [-0.2, 0) is 16.0 Å². The fourth-order valence-electron chi connectivity index (χ4n) is 3.87. The van der Waals surface area contributed by atoms with Gasteiger partial charge in [0.25, 0.3) is 17.1 Å². The van der Waals surface area contributed by atoms with Crippen LogP contribution >= 0.6 is 23.4 Å². The van der Waals surface area contributed by atoms with Gasteiger partial charge < -0.3 is 14.8 Å². The zero-order chi connectivity index (χ0) is 27.8. The molecular formula is C29H26ClFN2O5S. The van der Waals surface area contributed by atoms with E-state index < -0.39 is 11.7 Å². The van der Waals surface area contributed by atoms with Gasteiger partial charge in [0, 0.05) is 12.2 Å². The number of nitrogens with zero attached hydrogens (tertiary/aromatic N) is 1. The number of carbonyl (C=O) groups is 3. The minimum Gasteiger partial charge on any atom is -0.490 e. The predicted octanol–water partition coefficient (Wildman–Crippen LogP) is 6.56. The first-order valence-electron chi connectivity index (χ1n) is 12.3. The molecule has 0 saturated carbocycles. The smallest absolute Gasteiger partial charge is 0.293 e. The number of aryl methyl sites for hydroxylation is 1. The third-order valence-corrected chi connectivity index (χ3v) is 6.86. The number of nitrogens with one attached hydrogen (secondary N) is 1. The van der Waals surface area contributed by atoms with E-state index in [0.29, 0.717) is 30.8 Å². The van der Waals surface area contributed by atoms with Crippen molar-refractivity contribution in [2.24, 2.45) is 0 Å². The van der Waals surface area contributed by atoms with Gasteiger partial charge >= 0.3 is 0 Å². The van der Waals surface area contributed by atoms with Crippen LogP contribution in [0.4, 0.5) is 14.9 Å². The molecular weight excluding hydrogens is 543 g/mol. The first-order chi connectivity index (χ1) is 18.8. The van der Waals surface area contributed by atoms with Gasteiger partial charge in [0.05, 0.1) is 16.5 Å². The van der Waals surface area contributed by atoms with E-state index in [4.69, 9.17) is 21.1 Å². The molecule has 0 aromatic heterocycles. The van der Waals surface area contributed by atoms with Crippen LogP contribution < -0.4 is 14.8 Å². The molecule has 1 aliphatic rings. The van der Waals surface area contributed by atoms with E-state index in [1.807, 2.05) is 30.3 Å². The van der Waals surface area contributed by atoms with E-state index in [9.17, 15) is 18.8 Å². The molecule has 3 aromatic rings. The largest absolute Gasteiger partial charge is 0.490 e. The van der Waals surface area contributed by atoms with Crippen LogP contribution in [0.25, 0.3) is 6.08 Å². The number of amides is 3. The summed E-state index contributed by atoms with van der Waals surface area (Å²) in [6.07, 6.45) is 3.01. The first-order valence-corrected chi connectivity index (χ1v) is 13.5. The average Bonchev–Trinajstić information content (AvgIpc) is 3.17. The Hall–Kier alpha value is -3.82. The molecule has 0 atom stereocenters. The highest BCUT2D eigenvalue weighted by atomic mass is 35.5. The van der Waals surface area contributed by atoms with E-state index in [1.54, 1.807) is 25.1 Å². The zero-order valence-corrected chi connectivity index (χ0v) is 22.7. The maximum absolute atomic E-state index is 13.1. The molecule has 0 aliphatic carbocycles. The van der Waals surface area contributed by atoms with Gasteiger partial charge in [-0.15, -0.1) is 0 Å². The number of rotatable bonds is 11. The fraction of sp³-hybridized carbons (Fsp3) is 0.207. The van der Waals surface area contributed by atoms with Crippen LogP contribution in [0.3, 0.4) is 0 Å². The number of hydrogen-bond donors (Lipinski definition) is 1. The summed E-state index contributed by atoms with van der Waals surface area (Å²) in [4.78, 5) is 39.3. The third-order valence-electron chi connectivity index (χ3n) is 5.67. The summed E-state index contributed by atoms with van der Waals surface area (Å²) in [7, 11) is 0. The second kappa shape index (κ2) is 13.3. The van der Waals surface area contributed by atoms with Crippen LogP contribution in [0.15, 0.2) is 71.6 Å². The van der Waals surface area contributed by atoms with Crippen LogP contribution in [0.5, 0.6) is 11.5 Å². The molecule has 7 nitrogen and oxygen atoms in total. The van der Waals surface area contributed by atoms with Gasteiger partial charge in [-0.2, -0.15) is 0 Å². The van der Waals surface area contributed by atoms with Crippen molar-refractivity contribution in [3.8, 4) is 11.5 Å². The molecule has 39 heavy (non-hydrogen) atoms. The Morgan fingerprint density at radius 3 is 2.54 bits per heavy atom. The predicted molar refractivity (Wildman–Crippen MR) is 151 cm³/mol. The second-order valence-corrected chi connectivity index (χ2v) is 9.93. The molecule has 3 amide bonds. The summed E-state index contributed by atoms with van der Waals surface area (Å²) in [5, 5.41) is 2.46. The number of benzene rings is 3. The summed E-state index contributed by atoms with van der Waals surface area (Å²) in [5.74, 6) is -0.785. The number of halogens is 2. The van der Waals surface area contributed by atoms with Crippen LogP contribution in [0, 0.1) is 5.82 Å². The fourth-order valence-corrected chi connectivity index (χ4v) is 5.01. The number of hydrogen-bond acceptors (Lipinski definition) is 6.